The van der Waals surface area contributed by atoms with E-state index in [9.17, 15) is 0 Å². The standard InChI is InChI=1S/C21H29N3O/c1-14(2)11-13-25-15(3)10-12-24-22-20-16(4)18-8-6-7-9-19(18)17(5)21(20)23-24/h6-9,14-15H,10-13H2,1-5H3. The lowest BCUT2D eigenvalue weighted by Crippen LogP contribution is -2.15. The third-order valence-electron chi connectivity index (χ3n) is 4.93. The Morgan fingerprint density at radius 3 is 2.00 bits per heavy atom. The van der Waals surface area contributed by atoms with E-state index in [-0.39, 0.29) is 6.10 Å². The van der Waals surface area contributed by atoms with E-state index in [2.05, 4.69) is 58.9 Å². The summed E-state index contributed by atoms with van der Waals surface area (Å²) in [6, 6.07) is 8.50. The zero-order valence-electron chi connectivity index (χ0n) is 16.0. The molecule has 1 atom stereocenters. The number of hydrogen-bond donors (Lipinski definition) is 0. The highest BCUT2D eigenvalue weighted by molar-refractivity contribution is 6.02. The molecule has 0 aliphatic rings. The SMILES string of the molecule is Cc1c2ccccc2c(C)c2nn(CCC(C)OCCC(C)C)nc12. The largest absolute Gasteiger partial charge is 0.378 e. The van der Waals surface area contributed by atoms with Crippen LogP contribution in [0, 0.1) is 19.8 Å². The number of aromatic nitrogens is 3. The van der Waals surface area contributed by atoms with Gasteiger partial charge in [-0.1, -0.05) is 38.1 Å². The van der Waals surface area contributed by atoms with Crippen LogP contribution in [0.4, 0.5) is 0 Å². The van der Waals surface area contributed by atoms with Gasteiger partial charge >= 0.3 is 0 Å². The first-order chi connectivity index (χ1) is 12.0. The van der Waals surface area contributed by atoms with E-state index < -0.39 is 0 Å². The van der Waals surface area contributed by atoms with Gasteiger partial charge in [0.05, 0.1) is 12.6 Å². The second-order valence-corrected chi connectivity index (χ2v) is 7.44. The zero-order chi connectivity index (χ0) is 18.0. The van der Waals surface area contributed by atoms with Crippen LogP contribution in [0.1, 0.15) is 44.7 Å². The van der Waals surface area contributed by atoms with E-state index >= 15 is 0 Å². The highest BCUT2D eigenvalue weighted by Gasteiger charge is 2.14. The van der Waals surface area contributed by atoms with Gasteiger partial charge in [0.15, 0.2) is 0 Å². The van der Waals surface area contributed by atoms with Crippen molar-refractivity contribution in [2.45, 2.75) is 60.1 Å². The van der Waals surface area contributed by atoms with Crippen LogP contribution in [-0.2, 0) is 11.3 Å². The average Bonchev–Trinajstić information content (AvgIpc) is 3.02. The molecule has 0 N–H and O–H groups in total. The first-order valence-electron chi connectivity index (χ1n) is 9.31. The molecule has 0 saturated heterocycles. The van der Waals surface area contributed by atoms with Gasteiger partial charge in [0.25, 0.3) is 0 Å². The van der Waals surface area contributed by atoms with E-state index in [1.54, 1.807) is 0 Å². The molecule has 134 valence electrons. The quantitative estimate of drug-likeness (QED) is 0.605. The van der Waals surface area contributed by atoms with Gasteiger partial charge in [0, 0.05) is 6.61 Å². The van der Waals surface area contributed by atoms with Crippen LogP contribution in [0.15, 0.2) is 24.3 Å². The van der Waals surface area contributed by atoms with Gasteiger partial charge in [-0.25, -0.2) is 0 Å². The van der Waals surface area contributed by atoms with Crippen LogP contribution in [-0.4, -0.2) is 27.7 Å². The van der Waals surface area contributed by atoms with Gasteiger partial charge in [-0.15, -0.1) is 0 Å². The van der Waals surface area contributed by atoms with Crippen molar-refractivity contribution in [3.63, 3.8) is 0 Å². The topological polar surface area (TPSA) is 39.9 Å². The molecule has 3 aromatic rings. The van der Waals surface area contributed by atoms with Gasteiger partial charge in [-0.2, -0.15) is 15.0 Å². The summed E-state index contributed by atoms with van der Waals surface area (Å²) in [5, 5.41) is 12.0. The Balaban J connectivity index is 1.76. The molecule has 0 aliphatic heterocycles. The van der Waals surface area contributed by atoms with Gasteiger partial charge in [-0.3, -0.25) is 0 Å². The van der Waals surface area contributed by atoms with E-state index in [1.807, 2.05) is 4.80 Å². The van der Waals surface area contributed by atoms with Gasteiger partial charge < -0.3 is 4.74 Å². The maximum Gasteiger partial charge on any atom is 0.117 e. The number of hydrogen-bond acceptors (Lipinski definition) is 3. The lowest BCUT2D eigenvalue weighted by Gasteiger charge is -2.13. The molecule has 1 heterocycles. The van der Waals surface area contributed by atoms with Gasteiger partial charge in [0.1, 0.15) is 11.0 Å². The molecule has 0 saturated carbocycles. The van der Waals surface area contributed by atoms with Crippen LogP contribution in [0.3, 0.4) is 0 Å². The summed E-state index contributed by atoms with van der Waals surface area (Å²) in [6.07, 6.45) is 2.27. The fraction of sp³-hybridized carbons (Fsp3) is 0.524. The molecule has 2 aromatic carbocycles. The molecule has 0 radical (unpaired) electrons. The van der Waals surface area contributed by atoms with E-state index in [0.29, 0.717) is 5.92 Å². The minimum absolute atomic E-state index is 0.231. The summed E-state index contributed by atoms with van der Waals surface area (Å²) in [5.41, 5.74) is 4.46. The molecule has 3 rings (SSSR count). The fourth-order valence-electron chi connectivity index (χ4n) is 3.23. The minimum atomic E-state index is 0.231. The zero-order valence-corrected chi connectivity index (χ0v) is 16.0. The van der Waals surface area contributed by atoms with Crippen molar-refractivity contribution < 1.29 is 4.74 Å². The fourth-order valence-corrected chi connectivity index (χ4v) is 3.23. The molecule has 0 bridgehead atoms. The van der Waals surface area contributed by atoms with Crippen LogP contribution in [0.25, 0.3) is 21.8 Å². The Morgan fingerprint density at radius 2 is 1.48 bits per heavy atom. The van der Waals surface area contributed by atoms with Gasteiger partial charge in [0.2, 0.25) is 0 Å². The smallest absolute Gasteiger partial charge is 0.117 e. The Kier molecular flexibility index (Phi) is 5.38. The second-order valence-electron chi connectivity index (χ2n) is 7.44. The predicted molar refractivity (Wildman–Crippen MR) is 104 cm³/mol. The van der Waals surface area contributed by atoms with E-state index in [4.69, 9.17) is 14.9 Å². The Labute approximate surface area is 150 Å². The molecule has 0 spiro atoms. The summed E-state index contributed by atoms with van der Waals surface area (Å²) in [7, 11) is 0. The third-order valence-corrected chi connectivity index (χ3v) is 4.93. The molecule has 4 nitrogen and oxygen atoms in total. The number of aryl methyl sites for hydroxylation is 3. The van der Waals surface area contributed by atoms with Crippen LogP contribution >= 0.6 is 0 Å². The molecule has 1 unspecified atom stereocenters. The predicted octanol–water partition coefficient (Wildman–Crippen LogP) is 5.04. The van der Waals surface area contributed by atoms with Crippen LogP contribution < -0.4 is 0 Å². The summed E-state index contributed by atoms with van der Waals surface area (Å²) in [5.74, 6) is 0.686. The lowest BCUT2D eigenvalue weighted by molar-refractivity contribution is 0.0492. The lowest BCUT2D eigenvalue weighted by atomic mass is 9.99. The number of benzene rings is 2. The summed E-state index contributed by atoms with van der Waals surface area (Å²) >= 11 is 0. The monoisotopic (exact) mass is 339 g/mol. The first-order valence-corrected chi connectivity index (χ1v) is 9.31. The van der Waals surface area contributed by atoms with E-state index in [1.165, 1.54) is 21.9 Å². The van der Waals surface area contributed by atoms with Crippen LogP contribution in [0.5, 0.6) is 0 Å². The number of rotatable bonds is 7. The molecule has 25 heavy (non-hydrogen) atoms. The molecule has 0 amide bonds. The Morgan fingerprint density at radius 1 is 0.920 bits per heavy atom. The summed E-state index contributed by atoms with van der Waals surface area (Å²) in [4.78, 5) is 1.84. The molecule has 1 aromatic heterocycles. The maximum absolute atomic E-state index is 5.89. The number of nitrogens with zero attached hydrogens (tertiary/aromatic N) is 3. The third kappa shape index (κ3) is 3.84. The van der Waals surface area contributed by atoms with Crippen molar-refractivity contribution >= 4 is 21.8 Å². The normalized spacial score (nSPS) is 13.2. The molecular weight excluding hydrogens is 310 g/mol. The maximum atomic E-state index is 5.89. The Bertz CT molecular complexity index is 808. The number of ether oxygens (including phenoxy) is 1. The van der Waals surface area contributed by atoms with Crippen molar-refractivity contribution in [3.05, 3.63) is 35.4 Å². The molecule has 4 heteroatoms. The molecular formula is C21H29N3O. The van der Waals surface area contributed by atoms with Crippen molar-refractivity contribution in [1.29, 1.82) is 0 Å². The summed E-state index contributed by atoms with van der Waals surface area (Å²) in [6.45, 7) is 12.5. The van der Waals surface area contributed by atoms with Crippen molar-refractivity contribution in [1.82, 2.24) is 15.0 Å². The van der Waals surface area contributed by atoms with E-state index in [0.717, 1.165) is 37.0 Å². The first kappa shape index (κ1) is 17.9. The van der Waals surface area contributed by atoms with Crippen molar-refractivity contribution in [3.8, 4) is 0 Å². The highest BCUT2D eigenvalue weighted by Crippen LogP contribution is 2.29. The van der Waals surface area contributed by atoms with Crippen LogP contribution in [0.2, 0.25) is 0 Å². The summed E-state index contributed by atoms with van der Waals surface area (Å²) < 4.78 is 5.89. The van der Waals surface area contributed by atoms with Crippen molar-refractivity contribution in [2.24, 2.45) is 5.92 Å². The molecule has 0 fully saturated rings. The Hall–Kier alpha value is -1.94. The minimum Gasteiger partial charge on any atom is -0.378 e. The van der Waals surface area contributed by atoms with Crippen molar-refractivity contribution in [2.75, 3.05) is 6.61 Å². The number of fused-ring (bicyclic) bond motifs is 2. The van der Waals surface area contributed by atoms with Gasteiger partial charge in [-0.05, 0) is 61.4 Å². The second kappa shape index (κ2) is 7.52. The molecule has 0 aliphatic carbocycles. The highest BCUT2D eigenvalue weighted by atomic mass is 16.5. The average molecular weight is 339 g/mol.